The van der Waals surface area contributed by atoms with Crippen molar-refractivity contribution in [2.24, 2.45) is 5.92 Å². The maximum Gasteiger partial charge on any atom is 0.408 e. The third-order valence-electron chi connectivity index (χ3n) is 5.36. The van der Waals surface area contributed by atoms with E-state index in [4.69, 9.17) is 4.74 Å². The number of carbonyl (C=O) groups excluding carboxylic acids is 3. The van der Waals surface area contributed by atoms with Gasteiger partial charge < -0.3 is 20.3 Å². The Kier molecular flexibility index (Phi) is 10.6. The van der Waals surface area contributed by atoms with E-state index in [0.29, 0.717) is 6.42 Å². The highest BCUT2D eigenvalue weighted by molar-refractivity contribution is 5.92. The molecule has 0 aliphatic heterocycles. The van der Waals surface area contributed by atoms with E-state index < -0.39 is 34.9 Å². The van der Waals surface area contributed by atoms with Crippen LogP contribution in [0.5, 0.6) is 0 Å². The van der Waals surface area contributed by atoms with E-state index in [0.717, 1.165) is 17.5 Å². The van der Waals surface area contributed by atoms with E-state index in [1.807, 2.05) is 79.7 Å². The average molecular weight is 504 g/mol. The minimum Gasteiger partial charge on any atom is -0.444 e. The molecule has 0 radical (unpaired) electrons. The van der Waals surface area contributed by atoms with Gasteiger partial charge in [0.05, 0.1) is 0 Å². The lowest BCUT2D eigenvalue weighted by Gasteiger charge is -2.44. The summed E-state index contributed by atoms with van der Waals surface area (Å²) in [5.74, 6) is -0.465. The first-order chi connectivity index (χ1) is 16.2. The number of aryl methyl sites for hydroxylation is 1. The number of nitrogens with one attached hydrogen (secondary N) is 2. The number of hydrogen-bond acceptors (Lipinski definition) is 4. The molecule has 0 aliphatic carbocycles. The van der Waals surface area contributed by atoms with Crippen molar-refractivity contribution in [1.29, 1.82) is 0 Å². The van der Waals surface area contributed by atoms with Crippen LogP contribution >= 0.6 is 0 Å². The van der Waals surface area contributed by atoms with Gasteiger partial charge in [0.2, 0.25) is 11.8 Å². The highest BCUT2D eigenvalue weighted by Gasteiger charge is 2.42. The van der Waals surface area contributed by atoms with Crippen molar-refractivity contribution in [2.45, 2.75) is 125 Å². The lowest BCUT2D eigenvalue weighted by molar-refractivity contribution is -0.149. The minimum absolute atomic E-state index is 0.126. The fourth-order valence-corrected chi connectivity index (χ4v) is 3.95. The molecule has 7 nitrogen and oxygen atoms in total. The van der Waals surface area contributed by atoms with Crippen molar-refractivity contribution in [2.75, 3.05) is 0 Å². The Balaban J connectivity index is 3.60. The first kappa shape index (κ1) is 31.5. The average Bonchev–Trinajstić information content (AvgIpc) is 2.67. The van der Waals surface area contributed by atoms with Crippen LogP contribution in [0.25, 0.3) is 0 Å². The number of rotatable bonds is 8. The first-order valence-electron chi connectivity index (χ1n) is 13.0. The standard InChI is InChI=1S/C29H49N3O4/c1-13-20-14-16-21(17-15-20)23(24(33)31-27(4,5)6)32(28(7,8)9)25(34)22(18-19(2)3)30-26(35)36-29(10,11)12/h14-17,19,22-23H,13,18H2,1-12H3,(H,30,35)(H,31,33). The zero-order chi connectivity index (χ0) is 28.1. The summed E-state index contributed by atoms with van der Waals surface area (Å²) in [6, 6.07) is 6.08. The predicted molar refractivity (Wildman–Crippen MR) is 146 cm³/mol. The highest BCUT2D eigenvalue weighted by Crippen LogP contribution is 2.31. The summed E-state index contributed by atoms with van der Waals surface area (Å²) in [4.78, 5) is 42.2. The number of alkyl carbamates (subject to hydrolysis) is 1. The Morgan fingerprint density at radius 3 is 1.83 bits per heavy atom. The van der Waals surface area contributed by atoms with Gasteiger partial charge in [-0.2, -0.15) is 0 Å². The molecular formula is C29H49N3O4. The quantitative estimate of drug-likeness (QED) is 0.471. The lowest BCUT2D eigenvalue weighted by Crippen LogP contribution is -2.59. The summed E-state index contributed by atoms with van der Waals surface area (Å²) >= 11 is 0. The summed E-state index contributed by atoms with van der Waals surface area (Å²) in [6.45, 7) is 22.8. The van der Waals surface area contributed by atoms with Gasteiger partial charge in [0, 0.05) is 11.1 Å². The molecule has 36 heavy (non-hydrogen) atoms. The van der Waals surface area contributed by atoms with Crippen LogP contribution in [0.15, 0.2) is 24.3 Å². The molecule has 0 aromatic heterocycles. The minimum atomic E-state index is -0.877. The number of carbonyl (C=O) groups is 3. The van der Waals surface area contributed by atoms with Gasteiger partial charge in [-0.15, -0.1) is 0 Å². The van der Waals surface area contributed by atoms with Crippen LogP contribution < -0.4 is 10.6 Å². The number of amides is 3. The van der Waals surface area contributed by atoms with Crippen LogP contribution in [0.3, 0.4) is 0 Å². The molecule has 0 saturated carbocycles. The first-order valence-corrected chi connectivity index (χ1v) is 13.0. The third kappa shape index (κ3) is 10.2. The molecule has 1 aromatic rings. The topological polar surface area (TPSA) is 87.7 Å². The molecule has 1 rings (SSSR count). The molecule has 2 unspecified atom stereocenters. The number of hydrogen-bond donors (Lipinski definition) is 2. The van der Waals surface area contributed by atoms with Gasteiger partial charge in [0.15, 0.2) is 0 Å². The molecule has 3 amide bonds. The molecule has 0 saturated heterocycles. The van der Waals surface area contributed by atoms with Crippen molar-refractivity contribution >= 4 is 17.9 Å². The van der Waals surface area contributed by atoms with Crippen LogP contribution in [0.2, 0.25) is 0 Å². The summed E-state index contributed by atoms with van der Waals surface area (Å²) in [7, 11) is 0. The molecule has 204 valence electrons. The molecule has 2 N–H and O–H groups in total. The molecule has 0 aliphatic rings. The predicted octanol–water partition coefficient (Wildman–Crippen LogP) is 5.77. The van der Waals surface area contributed by atoms with Gasteiger partial charge in [-0.3, -0.25) is 9.59 Å². The fourth-order valence-electron chi connectivity index (χ4n) is 3.95. The van der Waals surface area contributed by atoms with Gasteiger partial charge in [0.25, 0.3) is 0 Å². The number of benzene rings is 1. The van der Waals surface area contributed by atoms with Gasteiger partial charge in [0.1, 0.15) is 17.7 Å². The zero-order valence-corrected chi connectivity index (χ0v) is 24.5. The lowest BCUT2D eigenvalue weighted by atomic mass is 9.92. The monoisotopic (exact) mass is 503 g/mol. The molecule has 0 bridgehead atoms. The summed E-state index contributed by atoms with van der Waals surface area (Å²) in [6.07, 6.45) is 0.628. The van der Waals surface area contributed by atoms with E-state index in [-0.39, 0.29) is 17.7 Å². The van der Waals surface area contributed by atoms with Gasteiger partial charge in [-0.1, -0.05) is 45.0 Å². The van der Waals surface area contributed by atoms with E-state index in [1.165, 1.54) is 0 Å². The van der Waals surface area contributed by atoms with Crippen molar-refractivity contribution in [3.05, 3.63) is 35.4 Å². The maximum atomic E-state index is 14.2. The second-order valence-electron chi connectivity index (χ2n) is 12.9. The Morgan fingerprint density at radius 1 is 0.917 bits per heavy atom. The maximum absolute atomic E-state index is 14.2. The van der Waals surface area contributed by atoms with Gasteiger partial charge in [-0.25, -0.2) is 4.79 Å². The van der Waals surface area contributed by atoms with Crippen LogP contribution in [-0.4, -0.2) is 45.5 Å². The normalized spacial score (nSPS) is 14.1. The van der Waals surface area contributed by atoms with Crippen molar-refractivity contribution in [3.8, 4) is 0 Å². The van der Waals surface area contributed by atoms with Crippen LogP contribution in [0.1, 0.15) is 107 Å². The van der Waals surface area contributed by atoms with E-state index in [2.05, 4.69) is 17.6 Å². The van der Waals surface area contributed by atoms with Gasteiger partial charge >= 0.3 is 6.09 Å². The molecule has 1 aromatic carbocycles. The summed E-state index contributed by atoms with van der Waals surface area (Å²) in [5.41, 5.74) is -0.0395. The molecule has 2 atom stereocenters. The van der Waals surface area contributed by atoms with Crippen molar-refractivity contribution < 1.29 is 19.1 Å². The second-order valence-corrected chi connectivity index (χ2v) is 12.9. The Labute approximate surface area is 218 Å². The smallest absolute Gasteiger partial charge is 0.408 e. The van der Waals surface area contributed by atoms with Crippen LogP contribution in [-0.2, 0) is 20.7 Å². The van der Waals surface area contributed by atoms with E-state index in [1.54, 1.807) is 25.7 Å². The largest absolute Gasteiger partial charge is 0.444 e. The SMILES string of the molecule is CCc1ccc(C(C(=O)NC(C)(C)C)N(C(=O)C(CC(C)C)NC(=O)OC(C)(C)C)C(C)(C)C)cc1. The van der Waals surface area contributed by atoms with Crippen molar-refractivity contribution in [1.82, 2.24) is 15.5 Å². The highest BCUT2D eigenvalue weighted by atomic mass is 16.6. The Bertz CT molecular complexity index is 887. The molecule has 0 fully saturated rings. The zero-order valence-electron chi connectivity index (χ0n) is 24.5. The third-order valence-corrected chi connectivity index (χ3v) is 5.36. The van der Waals surface area contributed by atoms with Crippen molar-refractivity contribution in [3.63, 3.8) is 0 Å². The Hall–Kier alpha value is -2.57. The summed E-state index contributed by atoms with van der Waals surface area (Å²) in [5, 5.41) is 5.85. The molecule has 0 heterocycles. The van der Waals surface area contributed by atoms with E-state index in [9.17, 15) is 14.4 Å². The molecule has 0 spiro atoms. The molecule has 7 heteroatoms. The molecular weight excluding hydrogens is 454 g/mol. The number of nitrogens with zero attached hydrogens (tertiary/aromatic N) is 1. The van der Waals surface area contributed by atoms with Crippen LogP contribution in [0.4, 0.5) is 4.79 Å². The van der Waals surface area contributed by atoms with Crippen LogP contribution in [0, 0.1) is 5.92 Å². The second kappa shape index (κ2) is 12.1. The summed E-state index contributed by atoms with van der Waals surface area (Å²) < 4.78 is 5.45. The fraction of sp³-hybridized carbons (Fsp3) is 0.690. The number of ether oxygens (including phenoxy) is 1. The Morgan fingerprint density at radius 2 is 1.44 bits per heavy atom. The van der Waals surface area contributed by atoms with Gasteiger partial charge in [-0.05, 0) is 92.2 Å². The van der Waals surface area contributed by atoms with E-state index >= 15 is 0 Å².